The molecule has 3 amide bonds. The van der Waals surface area contributed by atoms with E-state index in [0.717, 1.165) is 23.5 Å². The van der Waals surface area contributed by atoms with Gasteiger partial charge in [-0.1, -0.05) is 39.8 Å². The molecule has 0 aliphatic heterocycles. The third-order valence-electron chi connectivity index (χ3n) is 4.62. The van der Waals surface area contributed by atoms with Gasteiger partial charge < -0.3 is 16.8 Å². The molecule has 1 aromatic carbocycles. The molecule has 162 valence electrons. The number of nitrogen functional groups attached to an aromatic ring is 1. The number of anilines is 2. The Kier molecular flexibility index (Phi) is 7.93. The number of benzene rings is 1. The lowest BCUT2D eigenvalue weighted by atomic mass is 10.0. The highest BCUT2D eigenvalue weighted by Crippen LogP contribution is 2.27. The van der Waals surface area contributed by atoms with Gasteiger partial charge in [0, 0.05) is 12.2 Å². The molecule has 2 aromatic rings. The van der Waals surface area contributed by atoms with E-state index >= 15 is 0 Å². The first-order valence-electron chi connectivity index (χ1n) is 9.85. The Bertz CT molecular complexity index is 906. The minimum Gasteiger partial charge on any atom is -0.395 e. The van der Waals surface area contributed by atoms with Crippen LogP contribution in [0, 0.1) is 5.92 Å². The van der Waals surface area contributed by atoms with Gasteiger partial charge in [-0.2, -0.15) is 4.37 Å². The number of carbonyl (C=O) groups excluding carboxylic acids is 3. The number of aromatic nitrogens is 1. The molecule has 0 atom stereocenters. The maximum atomic E-state index is 13.2. The average Bonchev–Trinajstić information content (AvgIpc) is 3.07. The Morgan fingerprint density at radius 2 is 1.77 bits per heavy atom. The molecule has 0 radical (unpaired) electrons. The number of primary amides is 1. The van der Waals surface area contributed by atoms with E-state index in [1.54, 1.807) is 12.1 Å². The van der Waals surface area contributed by atoms with E-state index in [4.69, 9.17) is 11.5 Å². The van der Waals surface area contributed by atoms with Gasteiger partial charge in [-0.05, 0) is 47.5 Å². The lowest BCUT2D eigenvalue weighted by Gasteiger charge is -2.22. The summed E-state index contributed by atoms with van der Waals surface area (Å²) in [5, 5.41) is 2.84. The molecule has 2 rings (SSSR count). The first-order valence-corrected chi connectivity index (χ1v) is 10.6. The van der Waals surface area contributed by atoms with Crippen LogP contribution in [0.2, 0.25) is 0 Å². The van der Waals surface area contributed by atoms with E-state index in [9.17, 15) is 14.4 Å². The summed E-state index contributed by atoms with van der Waals surface area (Å²) >= 11 is 0.794. The van der Waals surface area contributed by atoms with Crippen molar-refractivity contribution in [3.63, 3.8) is 0 Å². The Hall–Kier alpha value is -2.94. The third kappa shape index (κ3) is 5.79. The molecule has 0 saturated heterocycles. The lowest BCUT2D eigenvalue weighted by molar-refractivity contribution is -0.119. The Balaban J connectivity index is 2.31. The highest BCUT2D eigenvalue weighted by atomic mass is 32.1. The maximum absolute atomic E-state index is 13.2. The molecule has 8 nitrogen and oxygen atoms in total. The molecule has 5 N–H and O–H groups in total. The average molecular weight is 432 g/mol. The number of rotatable bonds is 9. The number of nitrogens with zero attached hydrogens (tertiary/aromatic N) is 2. The van der Waals surface area contributed by atoms with E-state index in [1.807, 2.05) is 12.1 Å². The number of nitrogens with one attached hydrogen (secondary N) is 1. The molecule has 0 spiro atoms. The van der Waals surface area contributed by atoms with Gasteiger partial charge in [0.25, 0.3) is 11.8 Å². The number of hydrogen-bond donors (Lipinski definition) is 3. The molecule has 0 unspecified atom stereocenters. The molecular weight excluding hydrogens is 402 g/mol. The molecule has 0 aliphatic rings. The monoisotopic (exact) mass is 431 g/mol. The second-order valence-electron chi connectivity index (χ2n) is 7.81. The summed E-state index contributed by atoms with van der Waals surface area (Å²) in [4.78, 5) is 38.6. The van der Waals surface area contributed by atoms with Gasteiger partial charge in [-0.3, -0.25) is 19.3 Å². The summed E-state index contributed by atoms with van der Waals surface area (Å²) in [5.41, 5.74) is 12.6. The topological polar surface area (TPSA) is 131 Å². The zero-order valence-corrected chi connectivity index (χ0v) is 18.6. The molecule has 1 heterocycles. The van der Waals surface area contributed by atoms with E-state index in [2.05, 4.69) is 37.4 Å². The lowest BCUT2D eigenvalue weighted by Crippen LogP contribution is -2.41. The molecule has 9 heteroatoms. The highest BCUT2D eigenvalue weighted by molar-refractivity contribution is 7.09. The minimum absolute atomic E-state index is 0.0680. The Morgan fingerprint density at radius 1 is 1.13 bits per heavy atom. The van der Waals surface area contributed by atoms with Crippen LogP contribution >= 0.6 is 11.5 Å². The second-order valence-corrected chi connectivity index (χ2v) is 8.58. The van der Waals surface area contributed by atoms with Crippen molar-refractivity contribution in [2.45, 2.75) is 40.0 Å². The smallest absolute Gasteiger partial charge is 0.272 e. The second kappa shape index (κ2) is 10.2. The van der Waals surface area contributed by atoms with Gasteiger partial charge in [0.15, 0.2) is 5.69 Å². The fourth-order valence-electron chi connectivity index (χ4n) is 2.77. The summed E-state index contributed by atoms with van der Waals surface area (Å²) in [6, 6.07) is 7.42. The fraction of sp³-hybridized carbons (Fsp3) is 0.429. The molecule has 1 aromatic heterocycles. The van der Waals surface area contributed by atoms with Gasteiger partial charge in [0.05, 0.1) is 5.69 Å². The van der Waals surface area contributed by atoms with Crippen LogP contribution in [-0.4, -0.2) is 35.2 Å². The van der Waals surface area contributed by atoms with Crippen molar-refractivity contribution in [3.05, 3.63) is 40.4 Å². The van der Waals surface area contributed by atoms with Crippen LogP contribution in [0.15, 0.2) is 24.3 Å². The molecule has 0 saturated carbocycles. The standard InChI is InChI=1S/C21H29N5O3S/c1-12(2)9-10-24-16(27)11-26(15-7-5-14(6-8-15)13(3)4)21(29)19-17(22)18(20(23)28)25-30-19/h5-8,12-13H,9-11,22H2,1-4H3,(H2,23,28)(H,24,27). The van der Waals surface area contributed by atoms with E-state index in [0.29, 0.717) is 24.1 Å². The summed E-state index contributed by atoms with van der Waals surface area (Å²) in [5.74, 6) is -0.806. The number of hydrogen-bond acceptors (Lipinski definition) is 6. The first kappa shape index (κ1) is 23.3. The van der Waals surface area contributed by atoms with Crippen LogP contribution in [0.4, 0.5) is 11.4 Å². The van der Waals surface area contributed by atoms with Gasteiger partial charge in [0.2, 0.25) is 5.91 Å². The van der Waals surface area contributed by atoms with Crippen molar-refractivity contribution < 1.29 is 14.4 Å². The van der Waals surface area contributed by atoms with E-state index < -0.39 is 11.8 Å². The summed E-state index contributed by atoms with van der Waals surface area (Å²) in [6.07, 6.45) is 0.840. The zero-order valence-electron chi connectivity index (χ0n) is 17.8. The number of carbonyl (C=O) groups is 3. The molecular formula is C21H29N5O3S. The van der Waals surface area contributed by atoms with E-state index in [1.165, 1.54) is 4.90 Å². The first-order chi connectivity index (χ1) is 14.1. The molecule has 0 fully saturated rings. The van der Waals surface area contributed by atoms with Crippen LogP contribution in [0.25, 0.3) is 0 Å². The predicted octanol–water partition coefficient (Wildman–Crippen LogP) is 2.76. The van der Waals surface area contributed by atoms with Gasteiger partial charge in [0.1, 0.15) is 11.4 Å². The van der Waals surface area contributed by atoms with Gasteiger partial charge >= 0.3 is 0 Å². The highest BCUT2D eigenvalue weighted by Gasteiger charge is 2.27. The van der Waals surface area contributed by atoms with Crippen molar-refractivity contribution in [1.82, 2.24) is 9.69 Å². The summed E-state index contributed by atoms with van der Waals surface area (Å²) in [6.45, 7) is 8.63. The van der Waals surface area contributed by atoms with Crippen LogP contribution < -0.4 is 21.7 Å². The zero-order chi connectivity index (χ0) is 22.4. The Labute approximate surface area is 180 Å². The predicted molar refractivity (Wildman–Crippen MR) is 120 cm³/mol. The Morgan fingerprint density at radius 3 is 2.27 bits per heavy atom. The molecule has 0 bridgehead atoms. The van der Waals surface area contributed by atoms with Crippen molar-refractivity contribution in [3.8, 4) is 0 Å². The van der Waals surface area contributed by atoms with Crippen LogP contribution in [-0.2, 0) is 4.79 Å². The third-order valence-corrected chi connectivity index (χ3v) is 5.47. The largest absolute Gasteiger partial charge is 0.395 e. The van der Waals surface area contributed by atoms with Crippen LogP contribution in [0.5, 0.6) is 0 Å². The maximum Gasteiger partial charge on any atom is 0.272 e. The minimum atomic E-state index is -0.804. The normalized spacial score (nSPS) is 11.0. The van der Waals surface area contributed by atoms with Crippen LogP contribution in [0.1, 0.15) is 65.8 Å². The SMILES string of the molecule is CC(C)CCNC(=O)CN(C(=O)c1snc(C(N)=O)c1N)c1ccc(C(C)C)cc1. The van der Waals surface area contributed by atoms with Crippen LogP contribution in [0.3, 0.4) is 0 Å². The van der Waals surface area contributed by atoms with E-state index in [-0.39, 0.29) is 28.7 Å². The number of nitrogens with two attached hydrogens (primary N) is 2. The van der Waals surface area contributed by atoms with Crippen molar-refractivity contribution >= 4 is 40.6 Å². The van der Waals surface area contributed by atoms with Crippen molar-refractivity contribution in [2.75, 3.05) is 23.7 Å². The summed E-state index contributed by atoms with van der Waals surface area (Å²) in [7, 11) is 0. The molecule has 30 heavy (non-hydrogen) atoms. The quantitative estimate of drug-likeness (QED) is 0.562. The fourth-order valence-corrected chi connectivity index (χ4v) is 3.53. The van der Waals surface area contributed by atoms with Crippen molar-refractivity contribution in [2.24, 2.45) is 11.7 Å². The van der Waals surface area contributed by atoms with Crippen molar-refractivity contribution in [1.29, 1.82) is 0 Å². The van der Waals surface area contributed by atoms with Gasteiger partial charge in [-0.15, -0.1) is 0 Å². The molecule has 0 aliphatic carbocycles. The number of amides is 3. The van der Waals surface area contributed by atoms with Gasteiger partial charge in [-0.25, -0.2) is 0 Å². The summed E-state index contributed by atoms with van der Waals surface area (Å²) < 4.78 is 3.89.